The third-order valence-electron chi connectivity index (χ3n) is 4.83. The molecule has 0 aliphatic heterocycles. The molecule has 0 atom stereocenters. The van der Waals surface area contributed by atoms with Crippen molar-refractivity contribution in [2.45, 2.75) is 20.8 Å². The second-order valence-corrected chi connectivity index (χ2v) is 7.67. The van der Waals surface area contributed by atoms with Crippen LogP contribution in [0.4, 0.5) is 5.69 Å². The predicted octanol–water partition coefficient (Wildman–Crippen LogP) is 5.77. The van der Waals surface area contributed by atoms with E-state index in [-0.39, 0.29) is 5.82 Å². The second kappa shape index (κ2) is 8.13. The van der Waals surface area contributed by atoms with Crippen molar-refractivity contribution in [2.24, 2.45) is 0 Å². The zero-order valence-corrected chi connectivity index (χ0v) is 17.7. The Hall–Kier alpha value is -3.44. The minimum Gasteiger partial charge on any atom is -0.318 e. The predicted molar refractivity (Wildman–Crippen MR) is 120 cm³/mol. The Kier molecular flexibility index (Phi) is 5.38. The Morgan fingerprint density at radius 3 is 2.37 bits per heavy atom. The molecule has 4 aromatic rings. The summed E-state index contributed by atoms with van der Waals surface area (Å²) in [7, 11) is 0. The van der Waals surface area contributed by atoms with Gasteiger partial charge >= 0.3 is 0 Å². The quantitative estimate of drug-likeness (QED) is 0.459. The standard InChI is InChI=1S/C24H21ClN4O/c1-15-10-12-19(13-11-15)29-23(18-8-4-6-16(2)14-18)27-22(28-29)24(30)26-21-17(3)7-5-9-20(21)25/h4-14H,1-3H3,(H,26,30). The average Bonchev–Trinajstić information content (AvgIpc) is 3.17. The molecule has 150 valence electrons. The van der Waals surface area contributed by atoms with Crippen molar-refractivity contribution >= 4 is 23.2 Å². The van der Waals surface area contributed by atoms with Gasteiger partial charge in [-0.05, 0) is 50.6 Å². The van der Waals surface area contributed by atoms with E-state index in [9.17, 15) is 4.79 Å². The normalized spacial score (nSPS) is 10.8. The summed E-state index contributed by atoms with van der Waals surface area (Å²) in [6.45, 7) is 5.93. The lowest BCUT2D eigenvalue weighted by atomic mass is 10.1. The van der Waals surface area contributed by atoms with E-state index in [2.05, 4.69) is 15.4 Å². The summed E-state index contributed by atoms with van der Waals surface area (Å²) >= 11 is 6.26. The number of hydrogen-bond acceptors (Lipinski definition) is 3. The van der Waals surface area contributed by atoms with Crippen LogP contribution in [-0.4, -0.2) is 20.7 Å². The van der Waals surface area contributed by atoms with Crippen LogP contribution in [0.3, 0.4) is 0 Å². The van der Waals surface area contributed by atoms with Crippen molar-refractivity contribution in [3.8, 4) is 17.1 Å². The van der Waals surface area contributed by atoms with Gasteiger partial charge in [-0.3, -0.25) is 4.79 Å². The van der Waals surface area contributed by atoms with Crippen molar-refractivity contribution in [1.82, 2.24) is 14.8 Å². The summed E-state index contributed by atoms with van der Waals surface area (Å²) in [4.78, 5) is 17.5. The lowest BCUT2D eigenvalue weighted by molar-refractivity contribution is 0.101. The number of rotatable bonds is 4. The first-order chi connectivity index (χ1) is 14.4. The number of benzene rings is 3. The van der Waals surface area contributed by atoms with E-state index in [0.29, 0.717) is 16.5 Å². The number of hydrogen-bond donors (Lipinski definition) is 1. The number of halogens is 1. The molecule has 0 unspecified atom stereocenters. The summed E-state index contributed by atoms with van der Waals surface area (Å²) in [5, 5.41) is 7.84. The van der Waals surface area contributed by atoms with Gasteiger partial charge in [-0.25, -0.2) is 9.67 Å². The Balaban J connectivity index is 1.78. The number of anilines is 1. The molecule has 0 spiro atoms. The molecular weight excluding hydrogens is 396 g/mol. The molecule has 0 radical (unpaired) electrons. The first kappa shape index (κ1) is 19.9. The minimum atomic E-state index is -0.411. The zero-order chi connectivity index (χ0) is 21.3. The lowest BCUT2D eigenvalue weighted by Crippen LogP contribution is -2.15. The molecule has 1 amide bonds. The molecule has 4 rings (SSSR count). The highest BCUT2D eigenvalue weighted by Crippen LogP contribution is 2.27. The zero-order valence-electron chi connectivity index (χ0n) is 17.0. The Morgan fingerprint density at radius 1 is 0.933 bits per heavy atom. The number of para-hydroxylation sites is 1. The third kappa shape index (κ3) is 3.98. The topological polar surface area (TPSA) is 59.8 Å². The van der Waals surface area contributed by atoms with Crippen LogP contribution in [0.2, 0.25) is 5.02 Å². The number of amides is 1. The highest BCUT2D eigenvalue weighted by atomic mass is 35.5. The van der Waals surface area contributed by atoms with Gasteiger partial charge in [-0.15, -0.1) is 5.10 Å². The fourth-order valence-electron chi connectivity index (χ4n) is 3.20. The van der Waals surface area contributed by atoms with Gasteiger partial charge in [0.1, 0.15) is 0 Å². The highest BCUT2D eigenvalue weighted by molar-refractivity contribution is 6.34. The van der Waals surface area contributed by atoms with Crippen LogP contribution in [0.1, 0.15) is 27.3 Å². The van der Waals surface area contributed by atoms with Gasteiger partial charge in [0.2, 0.25) is 5.82 Å². The van der Waals surface area contributed by atoms with Gasteiger partial charge in [0.05, 0.1) is 16.4 Å². The molecule has 6 heteroatoms. The first-order valence-corrected chi connectivity index (χ1v) is 9.98. The van der Waals surface area contributed by atoms with Crippen molar-refractivity contribution < 1.29 is 4.79 Å². The monoisotopic (exact) mass is 416 g/mol. The Labute approximate surface area is 180 Å². The molecule has 0 fully saturated rings. The van der Waals surface area contributed by atoms with E-state index < -0.39 is 5.91 Å². The lowest BCUT2D eigenvalue weighted by Gasteiger charge is -2.08. The van der Waals surface area contributed by atoms with Crippen molar-refractivity contribution in [2.75, 3.05) is 5.32 Å². The maximum atomic E-state index is 13.0. The smallest absolute Gasteiger partial charge is 0.295 e. The molecule has 0 saturated heterocycles. The van der Waals surface area contributed by atoms with E-state index in [0.717, 1.165) is 27.9 Å². The molecule has 1 N–H and O–H groups in total. The van der Waals surface area contributed by atoms with Gasteiger partial charge in [0, 0.05) is 5.56 Å². The minimum absolute atomic E-state index is 0.0754. The van der Waals surface area contributed by atoms with E-state index in [4.69, 9.17) is 11.6 Å². The molecule has 0 saturated carbocycles. The number of aryl methyl sites for hydroxylation is 3. The molecule has 0 bridgehead atoms. The fourth-order valence-corrected chi connectivity index (χ4v) is 3.47. The molecule has 3 aromatic carbocycles. The van der Waals surface area contributed by atoms with E-state index in [1.807, 2.05) is 81.4 Å². The van der Waals surface area contributed by atoms with Crippen LogP contribution < -0.4 is 5.32 Å². The fraction of sp³-hybridized carbons (Fsp3) is 0.125. The number of aromatic nitrogens is 3. The summed E-state index contributed by atoms with van der Waals surface area (Å²) < 4.78 is 1.70. The van der Waals surface area contributed by atoms with Crippen LogP contribution >= 0.6 is 11.6 Å². The SMILES string of the molecule is Cc1ccc(-n2nc(C(=O)Nc3c(C)cccc3Cl)nc2-c2cccc(C)c2)cc1. The summed E-state index contributed by atoms with van der Waals surface area (Å²) in [5.41, 5.74) is 5.39. The molecule has 5 nitrogen and oxygen atoms in total. The maximum absolute atomic E-state index is 13.0. The summed E-state index contributed by atoms with van der Waals surface area (Å²) in [6, 6.07) is 21.4. The van der Waals surface area contributed by atoms with Crippen molar-refractivity contribution in [1.29, 1.82) is 0 Å². The molecule has 0 aliphatic carbocycles. The Bertz CT molecular complexity index is 1210. The third-order valence-corrected chi connectivity index (χ3v) is 5.14. The number of nitrogens with one attached hydrogen (secondary N) is 1. The first-order valence-electron chi connectivity index (χ1n) is 9.60. The van der Waals surface area contributed by atoms with Crippen LogP contribution in [-0.2, 0) is 0 Å². The van der Waals surface area contributed by atoms with Gasteiger partial charge in [0.15, 0.2) is 5.82 Å². The molecule has 1 heterocycles. The number of carbonyl (C=O) groups excluding carboxylic acids is 1. The summed E-state index contributed by atoms with van der Waals surface area (Å²) in [6.07, 6.45) is 0. The molecule has 1 aromatic heterocycles. The van der Waals surface area contributed by atoms with Gasteiger partial charge in [0.25, 0.3) is 5.91 Å². The van der Waals surface area contributed by atoms with Gasteiger partial charge < -0.3 is 5.32 Å². The van der Waals surface area contributed by atoms with Crippen molar-refractivity contribution in [3.63, 3.8) is 0 Å². The highest BCUT2D eigenvalue weighted by Gasteiger charge is 2.20. The number of nitrogens with zero attached hydrogens (tertiary/aromatic N) is 3. The molecular formula is C24H21ClN4O. The average molecular weight is 417 g/mol. The van der Waals surface area contributed by atoms with Gasteiger partial charge in [-0.1, -0.05) is 65.2 Å². The van der Waals surface area contributed by atoms with E-state index in [1.165, 1.54) is 0 Å². The second-order valence-electron chi connectivity index (χ2n) is 7.26. The van der Waals surface area contributed by atoms with Crippen LogP contribution in [0.15, 0.2) is 66.7 Å². The summed E-state index contributed by atoms with van der Waals surface area (Å²) in [5.74, 6) is 0.265. The van der Waals surface area contributed by atoms with E-state index in [1.54, 1.807) is 10.7 Å². The Morgan fingerprint density at radius 2 is 1.67 bits per heavy atom. The largest absolute Gasteiger partial charge is 0.318 e. The number of carbonyl (C=O) groups is 1. The van der Waals surface area contributed by atoms with Crippen molar-refractivity contribution in [3.05, 3.63) is 94.3 Å². The molecule has 30 heavy (non-hydrogen) atoms. The van der Waals surface area contributed by atoms with E-state index >= 15 is 0 Å². The van der Waals surface area contributed by atoms with Crippen LogP contribution in [0.5, 0.6) is 0 Å². The van der Waals surface area contributed by atoms with Crippen LogP contribution in [0, 0.1) is 20.8 Å². The maximum Gasteiger partial charge on any atom is 0.295 e. The van der Waals surface area contributed by atoms with Gasteiger partial charge in [-0.2, -0.15) is 0 Å². The van der Waals surface area contributed by atoms with Crippen LogP contribution in [0.25, 0.3) is 17.1 Å². The molecule has 0 aliphatic rings.